The van der Waals surface area contributed by atoms with Crippen molar-refractivity contribution in [1.29, 1.82) is 0 Å². The van der Waals surface area contributed by atoms with Crippen LogP contribution < -0.4 is 0 Å². The first kappa shape index (κ1) is 22.8. The van der Waals surface area contributed by atoms with Crippen LogP contribution in [0.15, 0.2) is 34.2 Å². The summed E-state index contributed by atoms with van der Waals surface area (Å²) < 4.78 is 34.9. The Balaban J connectivity index is 2.35. The summed E-state index contributed by atoms with van der Waals surface area (Å²) in [5.74, 6) is -2.13. The van der Waals surface area contributed by atoms with Gasteiger partial charge in [-0.1, -0.05) is 11.8 Å². The average Bonchev–Trinajstić information content (AvgIpc) is 2.63. The third-order valence-corrected chi connectivity index (χ3v) is 5.10. The molecule has 5 atom stereocenters. The molecule has 1 aliphatic heterocycles. The van der Waals surface area contributed by atoms with Crippen molar-refractivity contribution >= 4 is 36.4 Å². The molecule has 3 unspecified atom stereocenters. The van der Waals surface area contributed by atoms with Crippen molar-refractivity contribution < 1.29 is 37.7 Å². The zero-order valence-corrected chi connectivity index (χ0v) is 17.0. The minimum Gasteiger partial charge on any atom is -0.463 e. The van der Waals surface area contributed by atoms with E-state index in [-0.39, 0.29) is 6.61 Å². The highest BCUT2D eigenvalue weighted by molar-refractivity contribution is 7.99. The SMILES string of the molecule is C=NC1C(OC(C)=O)[C@@H](Sc2ccc(F)cc2)OC(COC(C)=O)[C@@H]1OC(C)=O. The van der Waals surface area contributed by atoms with Crippen LogP contribution in [-0.2, 0) is 33.3 Å². The van der Waals surface area contributed by atoms with E-state index >= 15 is 0 Å². The molecule has 1 aliphatic rings. The second-order valence-corrected chi connectivity index (χ2v) is 7.41. The lowest BCUT2D eigenvalue weighted by Crippen LogP contribution is -2.59. The zero-order valence-electron chi connectivity index (χ0n) is 16.2. The summed E-state index contributed by atoms with van der Waals surface area (Å²) >= 11 is 1.17. The summed E-state index contributed by atoms with van der Waals surface area (Å²) in [7, 11) is 0. The standard InChI is InChI=1S/C19H22FNO7S/c1-10(22)25-9-15-17(26-11(2)23)16(21-4)18(27-12(3)24)19(28-15)29-14-7-5-13(20)6-8-14/h5-8,15-19H,4,9H2,1-3H3/t15?,16?,17-,18?,19+/m0/s1. The summed E-state index contributed by atoms with van der Waals surface area (Å²) in [5.41, 5.74) is -0.799. The highest BCUT2D eigenvalue weighted by Crippen LogP contribution is 2.37. The fraction of sp³-hybridized carbons (Fsp3) is 0.474. The van der Waals surface area contributed by atoms with E-state index in [9.17, 15) is 18.8 Å². The summed E-state index contributed by atoms with van der Waals surface area (Å²) in [4.78, 5) is 39.2. The van der Waals surface area contributed by atoms with Gasteiger partial charge >= 0.3 is 17.9 Å². The molecule has 10 heteroatoms. The maximum atomic E-state index is 13.2. The number of benzene rings is 1. The van der Waals surface area contributed by atoms with Gasteiger partial charge in [0.1, 0.15) is 30.0 Å². The smallest absolute Gasteiger partial charge is 0.303 e. The number of halogens is 1. The van der Waals surface area contributed by atoms with E-state index in [0.717, 1.165) is 0 Å². The molecule has 1 aromatic rings. The van der Waals surface area contributed by atoms with Crippen LogP contribution in [0.5, 0.6) is 0 Å². The Bertz CT molecular complexity index is 757. The molecule has 0 saturated carbocycles. The molecule has 0 aliphatic carbocycles. The fourth-order valence-corrected chi connectivity index (χ4v) is 3.94. The van der Waals surface area contributed by atoms with Crippen molar-refractivity contribution in [3.05, 3.63) is 30.1 Å². The first-order chi connectivity index (χ1) is 13.7. The van der Waals surface area contributed by atoms with Crippen LogP contribution in [0.2, 0.25) is 0 Å². The molecule has 158 valence electrons. The average molecular weight is 427 g/mol. The van der Waals surface area contributed by atoms with E-state index in [1.165, 1.54) is 44.7 Å². The Morgan fingerprint density at radius 2 is 1.66 bits per heavy atom. The van der Waals surface area contributed by atoms with Crippen LogP contribution in [0, 0.1) is 5.82 Å². The molecule has 0 N–H and O–H groups in total. The summed E-state index contributed by atoms with van der Waals surface area (Å²) in [5, 5.41) is 0. The normalized spacial score (nSPS) is 26.3. The lowest BCUT2D eigenvalue weighted by Gasteiger charge is -2.43. The maximum absolute atomic E-state index is 13.2. The Hall–Kier alpha value is -2.46. The van der Waals surface area contributed by atoms with Gasteiger partial charge in [0, 0.05) is 25.7 Å². The Labute approximate surface area is 171 Å². The van der Waals surface area contributed by atoms with Crippen molar-refractivity contribution in [2.75, 3.05) is 6.61 Å². The van der Waals surface area contributed by atoms with Gasteiger partial charge in [-0.3, -0.25) is 19.4 Å². The molecule has 1 fully saturated rings. The van der Waals surface area contributed by atoms with Gasteiger partial charge in [-0.25, -0.2) is 4.39 Å². The number of thioether (sulfide) groups is 1. The van der Waals surface area contributed by atoms with Crippen LogP contribution in [0.25, 0.3) is 0 Å². The number of carbonyl (C=O) groups is 3. The van der Waals surface area contributed by atoms with E-state index < -0.39 is 53.5 Å². The first-order valence-corrected chi connectivity index (χ1v) is 9.60. The van der Waals surface area contributed by atoms with Gasteiger partial charge < -0.3 is 18.9 Å². The molecule has 0 bridgehead atoms. The molecule has 29 heavy (non-hydrogen) atoms. The van der Waals surface area contributed by atoms with Gasteiger partial charge in [-0.2, -0.15) is 0 Å². The monoisotopic (exact) mass is 427 g/mol. The van der Waals surface area contributed by atoms with Crippen LogP contribution in [0.4, 0.5) is 4.39 Å². The molecule has 0 spiro atoms. The predicted molar refractivity (Wildman–Crippen MR) is 102 cm³/mol. The number of hydrogen-bond donors (Lipinski definition) is 0. The number of aliphatic imine (C=N–C) groups is 1. The third kappa shape index (κ3) is 6.53. The van der Waals surface area contributed by atoms with Gasteiger partial charge in [-0.05, 0) is 31.0 Å². The molecule has 8 nitrogen and oxygen atoms in total. The fourth-order valence-electron chi connectivity index (χ4n) is 2.83. The summed E-state index contributed by atoms with van der Waals surface area (Å²) in [6, 6.07) is 4.80. The molecule has 0 amide bonds. The summed E-state index contributed by atoms with van der Waals surface area (Å²) in [6.45, 7) is 7.00. The highest BCUT2D eigenvalue weighted by Gasteiger charge is 2.50. The molecule has 1 aromatic carbocycles. The number of hydrogen-bond acceptors (Lipinski definition) is 9. The first-order valence-electron chi connectivity index (χ1n) is 8.72. The van der Waals surface area contributed by atoms with Crippen LogP contribution in [0.3, 0.4) is 0 Å². The van der Waals surface area contributed by atoms with Crippen LogP contribution in [-0.4, -0.2) is 61.0 Å². The van der Waals surface area contributed by atoms with Gasteiger partial charge in [-0.15, -0.1) is 0 Å². The minimum atomic E-state index is -0.987. The molecular weight excluding hydrogens is 405 g/mol. The van der Waals surface area contributed by atoms with E-state index in [0.29, 0.717) is 4.90 Å². The number of carbonyl (C=O) groups excluding carboxylic acids is 3. The van der Waals surface area contributed by atoms with Crippen molar-refractivity contribution in [2.24, 2.45) is 4.99 Å². The van der Waals surface area contributed by atoms with Gasteiger partial charge in [0.15, 0.2) is 12.2 Å². The molecule has 2 rings (SSSR count). The lowest BCUT2D eigenvalue weighted by molar-refractivity contribution is -0.200. The minimum absolute atomic E-state index is 0.202. The van der Waals surface area contributed by atoms with Crippen molar-refractivity contribution in [1.82, 2.24) is 0 Å². The largest absolute Gasteiger partial charge is 0.463 e. The van der Waals surface area contributed by atoms with Crippen LogP contribution in [0.1, 0.15) is 20.8 Å². The second kappa shape index (κ2) is 10.4. The van der Waals surface area contributed by atoms with Gasteiger partial charge in [0.2, 0.25) is 0 Å². The van der Waals surface area contributed by atoms with E-state index in [1.807, 2.05) is 0 Å². The lowest BCUT2D eigenvalue weighted by atomic mass is 9.97. The molecule has 0 radical (unpaired) electrons. The predicted octanol–water partition coefficient (Wildman–Crippen LogP) is 2.14. The van der Waals surface area contributed by atoms with Gasteiger partial charge in [0.05, 0.1) is 0 Å². The number of nitrogens with zero attached hydrogens (tertiary/aromatic N) is 1. The number of esters is 3. The highest BCUT2D eigenvalue weighted by atomic mass is 32.2. The van der Waals surface area contributed by atoms with E-state index in [4.69, 9.17) is 18.9 Å². The Kier molecular flexibility index (Phi) is 8.15. The molecular formula is C19H22FNO7S. The molecule has 1 saturated heterocycles. The maximum Gasteiger partial charge on any atom is 0.303 e. The number of ether oxygens (including phenoxy) is 4. The summed E-state index contributed by atoms with van der Waals surface area (Å²) in [6.07, 6.45) is -2.81. The van der Waals surface area contributed by atoms with Crippen molar-refractivity contribution in [3.8, 4) is 0 Å². The van der Waals surface area contributed by atoms with E-state index in [1.54, 1.807) is 12.1 Å². The third-order valence-electron chi connectivity index (χ3n) is 3.95. The van der Waals surface area contributed by atoms with Crippen LogP contribution >= 0.6 is 11.8 Å². The van der Waals surface area contributed by atoms with Gasteiger partial charge in [0.25, 0.3) is 0 Å². The molecule has 0 aromatic heterocycles. The second-order valence-electron chi connectivity index (χ2n) is 6.24. The molecule has 1 heterocycles. The number of rotatable bonds is 7. The Morgan fingerprint density at radius 1 is 1.07 bits per heavy atom. The quantitative estimate of drug-likeness (QED) is 0.371. The Morgan fingerprint density at radius 3 is 2.17 bits per heavy atom. The van der Waals surface area contributed by atoms with Crippen molar-refractivity contribution in [3.63, 3.8) is 0 Å². The zero-order chi connectivity index (χ0) is 21.6. The van der Waals surface area contributed by atoms with Crippen molar-refractivity contribution in [2.45, 2.75) is 55.5 Å². The topological polar surface area (TPSA) is 100 Å². The van der Waals surface area contributed by atoms with E-state index in [2.05, 4.69) is 11.7 Å².